The summed E-state index contributed by atoms with van der Waals surface area (Å²) in [5, 5.41) is 76.0. The number of hydrogen-bond acceptors (Lipinski definition) is 10. The Kier molecular flexibility index (Phi) is 43.9. The average molecular weight is 966 g/mol. The first-order valence-corrected chi connectivity index (χ1v) is 28.4. The van der Waals surface area contributed by atoms with Gasteiger partial charge in [0.1, 0.15) is 36.6 Å². The summed E-state index contributed by atoms with van der Waals surface area (Å²) in [7, 11) is 0. The van der Waals surface area contributed by atoms with Crippen molar-refractivity contribution in [2.75, 3.05) is 13.2 Å². The van der Waals surface area contributed by atoms with E-state index < -0.39 is 74.2 Å². The molecule has 0 bridgehead atoms. The van der Waals surface area contributed by atoms with Crippen molar-refractivity contribution in [1.82, 2.24) is 5.32 Å². The number of rotatable bonds is 48. The van der Waals surface area contributed by atoms with E-state index in [4.69, 9.17) is 9.47 Å². The van der Waals surface area contributed by atoms with Crippen LogP contribution in [0.15, 0.2) is 36.5 Å². The van der Waals surface area contributed by atoms with Crippen molar-refractivity contribution in [3.8, 4) is 0 Å². The van der Waals surface area contributed by atoms with E-state index in [1.54, 1.807) is 0 Å². The number of ether oxygens (including phenoxy) is 2. The van der Waals surface area contributed by atoms with Crippen molar-refractivity contribution in [2.45, 2.75) is 306 Å². The van der Waals surface area contributed by atoms with Crippen LogP contribution in [0.5, 0.6) is 0 Å². The summed E-state index contributed by atoms with van der Waals surface area (Å²) >= 11 is 0. The van der Waals surface area contributed by atoms with Crippen LogP contribution >= 0.6 is 0 Å². The zero-order valence-corrected chi connectivity index (χ0v) is 43.6. The Bertz CT molecular complexity index is 1200. The molecule has 9 unspecified atom stereocenters. The van der Waals surface area contributed by atoms with Crippen LogP contribution in [0, 0.1) is 0 Å². The van der Waals surface area contributed by atoms with Gasteiger partial charge in [0.05, 0.1) is 25.4 Å². The number of unbranched alkanes of at least 4 members (excludes halogenated alkanes) is 30. The highest BCUT2D eigenvalue weighted by molar-refractivity contribution is 5.80. The summed E-state index contributed by atoms with van der Waals surface area (Å²) in [5.41, 5.74) is 0. The lowest BCUT2D eigenvalue weighted by atomic mass is 9.98. The molecule has 1 fully saturated rings. The van der Waals surface area contributed by atoms with Gasteiger partial charge in [0.15, 0.2) is 6.29 Å². The second-order valence-electron chi connectivity index (χ2n) is 20.0. The van der Waals surface area contributed by atoms with E-state index in [1.165, 1.54) is 148 Å². The van der Waals surface area contributed by atoms with Gasteiger partial charge in [-0.05, 0) is 77.0 Å². The number of aliphatic hydroxyl groups excluding tert-OH is 7. The fourth-order valence-electron chi connectivity index (χ4n) is 8.98. The number of hydrogen-bond donors (Lipinski definition) is 8. The maximum Gasteiger partial charge on any atom is 0.249 e. The number of aliphatic hydroxyl groups is 7. The molecule has 11 heteroatoms. The van der Waals surface area contributed by atoms with Crippen LogP contribution < -0.4 is 5.32 Å². The summed E-state index contributed by atoms with van der Waals surface area (Å²) in [6.07, 6.45) is 44.8. The Hall–Kier alpha value is -1.67. The fraction of sp³-hybridized carbons (Fsp3) is 0.877. The van der Waals surface area contributed by atoms with E-state index in [1.807, 2.05) is 0 Å². The summed E-state index contributed by atoms with van der Waals surface area (Å²) in [5.74, 6) is -0.714. The number of carbonyl (C=O) groups excluding carboxylic acids is 1. The normalized spacial score (nSPS) is 20.8. The van der Waals surface area contributed by atoms with Crippen molar-refractivity contribution in [2.24, 2.45) is 0 Å². The van der Waals surface area contributed by atoms with Gasteiger partial charge in [0.25, 0.3) is 0 Å². The quantitative estimate of drug-likeness (QED) is 0.0215. The molecule has 11 nitrogen and oxygen atoms in total. The molecule has 400 valence electrons. The smallest absolute Gasteiger partial charge is 0.249 e. The Balaban J connectivity index is 2.37. The largest absolute Gasteiger partial charge is 0.394 e. The third-order valence-corrected chi connectivity index (χ3v) is 13.6. The number of allylic oxidation sites excluding steroid dienone is 6. The van der Waals surface area contributed by atoms with E-state index in [0.29, 0.717) is 19.3 Å². The van der Waals surface area contributed by atoms with Gasteiger partial charge in [-0.2, -0.15) is 0 Å². The van der Waals surface area contributed by atoms with Crippen molar-refractivity contribution < 1.29 is 50.0 Å². The number of carbonyl (C=O) groups is 1. The lowest BCUT2D eigenvalue weighted by Gasteiger charge is -2.40. The first kappa shape index (κ1) is 64.3. The minimum atomic E-state index is -1.67. The summed E-state index contributed by atoms with van der Waals surface area (Å²) in [6, 6.07) is -1.19. The van der Waals surface area contributed by atoms with Crippen LogP contribution in [-0.2, 0) is 14.3 Å². The first-order valence-electron chi connectivity index (χ1n) is 28.4. The summed E-state index contributed by atoms with van der Waals surface area (Å²) in [4.78, 5) is 13.2. The predicted octanol–water partition coefficient (Wildman–Crippen LogP) is 11.5. The van der Waals surface area contributed by atoms with Crippen LogP contribution in [0.1, 0.15) is 251 Å². The molecule has 1 rings (SSSR count). The van der Waals surface area contributed by atoms with E-state index in [0.717, 1.165) is 57.8 Å². The van der Waals surface area contributed by atoms with Crippen LogP contribution in [0.25, 0.3) is 0 Å². The highest BCUT2D eigenvalue weighted by Gasteiger charge is 2.44. The standard InChI is InChI=1S/C57H107NO10/c1-3-5-7-9-11-13-15-17-19-21-23-25-27-29-31-33-35-37-39-41-43-45-50(61)56(66)58-48(47-67-57-55(65)54(64)53(63)51(46-59)68-57)52(62)49(60)44-42-40-38-36-34-32-30-28-26-24-22-20-18-16-14-12-10-8-6-4-2/h27-30,36,38,48-55,57,59-65H,3-26,31-35,37,39-47H2,1-2H3,(H,58,66)/b29-27-,30-28+,38-36+. The van der Waals surface area contributed by atoms with E-state index in [-0.39, 0.29) is 12.8 Å². The topological polar surface area (TPSA) is 189 Å². The van der Waals surface area contributed by atoms with Crippen LogP contribution in [0.2, 0.25) is 0 Å². The average Bonchev–Trinajstić information content (AvgIpc) is 3.34. The van der Waals surface area contributed by atoms with E-state index in [9.17, 15) is 40.5 Å². The maximum absolute atomic E-state index is 13.2. The van der Waals surface area contributed by atoms with Gasteiger partial charge >= 0.3 is 0 Å². The van der Waals surface area contributed by atoms with Crippen LogP contribution in [0.3, 0.4) is 0 Å². The highest BCUT2D eigenvalue weighted by atomic mass is 16.7. The molecule has 9 atom stereocenters. The summed E-state index contributed by atoms with van der Waals surface area (Å²) in [6.45, 7) is 3.45. The van der Waals surface area contributed by atoms with Gasteiger partial charge in [0.2, 0.25) is 5.91 Å². The Labute approximate surface area is 416 Å². The van der Waals surface area contributed by atoms with Crippen molar-refractivity contribution in [1.29, 1.82) is 0 Å². The number of amides is 1. The molecule has 1 aliphatic heterocycles. The molecule has 0 aromatic rings. The van der Waals surface area contributed by atoms with E-state index in [2.05, 4.69) is 55.6 Å². The SMILES string of the molecule is CCCCCCCCCCCCC/C=C\CCCCCCCCC(O)C(=O)NC(COC1OC(CO)C(O)C(O)C1O)C(O)C(O)CCC/C=C/CC/C=C/CCCCCCCCCCCCC. The van der Waals surface area contributed by atoms with Gasteiger partial charge in [-0.3, -0.25) is 4.79 Å². The van der Waals surface area contributed by atoms with Crippen molar-refractivity contribution in [3.63, 3.8) is 0 Å². The van der Waals surface area contributed by atoms with Crippen LogP contribution in [0.4, 0.5) is 0 Å². The second kappa shape index (κ2) is 46.4. The van der Waals surface area contributed by atoms with Gasteiger partial charge in [0, 0.05) is 0 Å². The molecule has 0 saturated carbocycles. The Morgan fingerprint density at radius 2 is 0.882 bits per heavy atom. The van der Waals surface area contributed by atoms with Gasteiger partial charge in [-0.15, -0.1) is 0 Å². The minimum Gasteiger partial charge on any atom is -0.394 e. The molecule has 68 heavy (non-hydrogen) atoms. The molecule has 1 saturated heterocycles. The zero-order valence-electron chi connectivity index (χ0n) is 43.6. The Morgan fingerprint density at radius 3 is 1.31 bits per heavy atom. The predicted molar refractivity (Wildman–Crippen MR) is 279 cm³/mol. The fourth-order valence-corrected chi connectivity index (χ4v) is 8.98. The van der Waals surface area contributed by atoms with Gasteiger partial charge < -0.3 is 50.5 Å². The minimum absolute atomic E-state index is 0.244. The van der Waals surface area contributed by atoms with Crippen molar-refractivity contribution >= 4 is 5.91 Å². The number of nitrogens with one attached hydrogen (secondary N) is 1. The molecular formula is C57H107NO10. The molecule has 0 aliphatic carbocycles. The molecule has 0 radical (unpaired) electrons. The maximum atomic E-state index is 13.2. The third-order valence-electron chi connectivity index (χ3n) is 13.6. The third kappa shape index (κ3) is 34.6. The zero-order chi connectivity index (χ0) is 49.7. The van der Waals surface area contributed by atoms with Gasteiger partial charge in [-0.25, -0.2) is 0 Å². The second-order valence-corrected chi connectivity index (χ2v) is 20.0. The molecule has 0 aromatic carbocycles. The molecule has 0 aromatic heterocycles. The lowest BCUT2D eigenvalue weighted by Crippen LogP contribution is -2.60. The summed E-state index contributed by atoms with van der Waals surface area (Å²) < 4.78 is 11.1. The molecular weight excluding hydrogens is 859 g/mol. The lowest BCUT2D eigenvalue weighted by molar-refractivity contribution is -0.303. The molecule has 0 spiro atoms. The highest BCUT2D eigenvalue weighted by Crippen LogP contribution is 2.23. The molecule has 8 N–H and O–H groups in total. The molecule has 1 heterocycles. The van der Waals surface area contributed by atoms with Crippen LogP contribution in [-0.4, -0.2) is 110 Å². The van der Waals surface area contributed by atoms with Gasteiger partial charge in [-0.1, -0.05) is 211 Å². The van der Waals surface area contributed by atoms with Crippen molar-refractivity contribution in [3.05, 3.63) is 36.5 Å². The molecule has 1 aliphatic rings. The van der Waals surface area contributed by atoms with E-state index >= 15 is 0 Å². The first-order chi connectivity index (χ1) is 33.2. The monoisotopic (exact) mass is 966 g/mol. The molecule has 1 amide bonds. The Morgan fingerprint density at radius 1 is 0.500 bits per heavy atom.